The van der Waals surface area contributed by atoms with E-state index in [0.717, 1.165) is 6.42 Å². The molecular weight excluding hydrogens is 252 g/mol. The first kappa shape index (κ1) is 18.6. The third-order valence-electron chi connectivity index (χ3n) is 3.38. The van der Waals surface area contributed by atoms with Gasteiger partial charge in [-0.1, -0.05) is 69.9 Å². The van der Waals surface area contributed by atoms with Gasteiger partial charge in [-0.2, -0.15) is 0 Å². The average molecular weight is 283 g/mol. The molecular formula is C18H31Cl. The molecule has 0 rings (SSSR count). The lowest BCUT2D eigenvalue weighted by atomic mass is 10.1. The molecule has 0 aliphatic heterocycles. The summed E-state index contributed by atoms with van der Waals surface area (Å²) < 4.78 is 0. The Bertz CT molecular complexity index is 244. The van der Waals surface area contributed by atoms with Gasteiger partial charge < -0.3 is 0 Å². The van der Waals surface area contributed by atoms with Gasteiger partial charge in [0.1, 0.15) is 0 Å². The first-order valence-electron chi connectivity index (χ1n) is 8.15. The molecule has 0 radical (unpaired) electrons. The van der Waals surface area contributed by atoms with E-state index >= 15 is 0 Å². The molecule has 110 valence electrons. The normalized spacial score (nSPS) is 10.6. The fraction of sp³-hybridized carbons (Fsp3) is 0.778. The summed E-state index contributed by atoms with van der Waals surface area (Å²) in [6, 6.07) is 0. The van der Waals surface area contributed by atoms with Gasteiger partial charge in [0, 0.05) is 11.8 Å². The number of hydrogen-bond donors (Lipinski definition) is 0. The first-order chi connectivity index (χ1) is 9.41. The molecule has 0 spiro atoms. The van der Waals surface area contributed by atoms with Crippen molar-refractivity contribution < 1.29 is 0 Å². The van der Waals surface area contributed by atoms with Crippen LogP contribution in [0.4, 0.5) is 0 Å². The molecule has 0 fully saturated rings. The predicted molar refractivity (Wildman–Crippen MR) is 88.5 cm³/mol. The summed E-state index contributed by atoms with van der Waals surface area (Å²) in [5.74, 6) is 2.90. The molecule has 0 N–H and O–H groups in total. The lowest BCUT2D eigenvalue weighted by Gasteiger charge is -1.98. The van der Waals surface area contributed by atoms with E-state index in [4.69, 9.17) is 11.6 Å². The SMILES string of the molecule is CCCCCCC/C=C\CCCCCCCC#CCl. The lowest BCUT2D eigenvalue weighted by molar-refractivity contribution is 0.622. The fourth-order valence-electron chi connectivity index (χ4n) is 2.15. The maximum Gasteiger partial charge on any atom is 0.0101 e. The predicted octanol–water partition coefficient (Wildman–Crippen LogP) is 6.83. The van der Waals surface area contributed by atoms with Crippen LogP contribution >= 0.6 is 11.6 Å². The Morgan fingerprint density at radius 1 is 0.737 bits per heavy atom. The van der Waals surface area contributed by atoms with Crippen LogP contribution in [-0.4, -0.2) is 0 Å². The Balaban J connectivity index is 3.05. The summed E-state index contributed by atoms with van der Waals surface area (Å²) in [5.41, 5.74) is 0. The Morgan fingerprint density at radius 2 is 1.26 bits per heavy atom. The number of halogens is 1. The highest BCUT2D eigenvalue weighted by Crippen LogP contribution is 2.09. The molecule has 0 bridgehead atoms. The van der Waals surface area contributed by atoms with Gasteiger partial charge in [-0.15, -0.1) is 0 Å². The Labute approximate surface area is 126 Å². The van der Waals surface area contributed by atoms with Crippen molar-refractivity contribution in [1.29, 1.82) is 0 Å². The van der Waals surface area contributed by atoms with E-state index in [1.165, 1.54) is 77.0 Å². The van der Waals surface area contributed by atoms with Crippen LogP contribution in [0.15, 0.2) is 12.2 Å². The second-order valence-corrected chi connectivity index (χ2v) is 5.44. The fourth-order valence-corrected chi connectivity index (χ4v) is 2.25. The minimum absolute atomic E-state index is 0.960. The molecule has 0 aromatic carbocycles. The highest BCUT2D eigenvalue weighted by molar-refractivity contribution is 6.30. The van der Waals surface area contributed by atoms with E-state index < -0.39 is 0 Å². The molecule has 1 heteroatoms. The zero-order valence-corrected chi connectivity index (χ0v) is 13.5. The second kappa shape index (κ2) is 17.6. The number of unbranched alkanes of at least 4 members (excludes halogenated alkanes) is 11. The van der Waals surface area contributed by atoms with Gasteiger partial charge in [0.15, 0.2) is 0 Å². The number of rotatable bonds is 13. The van der Waals surface area contributed by atoms with E-state index in [-0.39, 0.29) is 0 Å². The molecule has 0 aliphatic rings. The molecule has 0 aromatic rings. The summed E-state index contributed by atoms with van der Waals surface area (Å²) in [5, 5.41) is 2.43. The zero-order chi connectivity index (χ0) is 14.0. The molecule has 0 heterocycles. The highest BCUT2D eigenvalue weighted by Gasteiger charge is 1.89. The van der Waals surface area contributed by atoms with Crippen LogP contribution in [0.5, 0.6) is 0 Å². The van der Waals surface area contributed by atoms with Gasteiger partial charge in [0.2, 0.25) is 0 Å². The molecule has 0 amide bonds. The minimum Gasteiger partial charge on any atom is -0.0885 e. The van der Waals surface area contributed by atoms with E-state index in [9.17, 15) is 0 Å². The quantitative estimate of drug-likeness (QED) is 0.197. The number of hydrogen-bond acceptors (Lipinski definition) is 0. The topological polar surface area (TPSA) is 0 Å². The van der Waals surface area contributed by atoms with Crippen LogP contribution < -0.4 is 0 Å². The van der Waals surface area contributed by atoms with Crippen molar-refractivity contribution in [2.24, 2.45) is 0 Å². The minimum atomic E-state index is 0.960. The lowest BCUT2D eigenvalue weighted by Crippen LogP contribution is -1.79. The summed E-state index contributed by atoms with van der Waals surface area (Å²) >= 11 is 5.29. The summed E-state index contributed by atoms with van der Waals surface area (Å²) in [4.78, 5) is 0. The molecule has 0 aromatic heterocycles. The summed E-state index contributed by atoms with van der Waals surface area (Å²) in [7, 11) is 0. The Hall–Kier alpha value is -0.410. The third kappa shape index (κ3) is 17.6. The maximum absolute atomic E-state index is 5.29. The van der Waals surface area contributed by atoms with Crippen LogP contribution in [0.25, 0.3) is 0 Å². The van der Waals surface area contributed by atoms with Gasteiger partial charge in [-0.25, -0.2) is 0 Å². The maximum atomic E-state index is 5.29. The van der Waals surface area contributed by atoms with Gasteiger partial charge >= 0.3 is 0 Å². The summed E-state index contributed by atoms with van der Waals surface area (Å²) in [6.07, 6.45) is 21.7. The van der Waals surface area contributed by atoms with Crippen molar-refractivity contribution in [2.75, 3.05) is 0 Å². The molecule has 0 saturated heterocycles. The monoisotopic (exact) mass is 282 g/mol. The van der Waals surface area contributed by atoms with Crippen LogP contribution in [0.1, 0.15) is 90.4 Å². The zero-order valence-electron chi connectivity index (χ0n) is 12.7. The highest BCUT2D eigenvalue weighted by atomic mass is 35.5. The van der Waals surface area contributed by atoms with Crippen LogP contribution in [0, 0.1) is 11.3 Å². The van der Waals surface area contributed by atoms with Gasteiger partial charge in [-0.05, 0) is 43.7 Å². The van der Waals surface area contributed by atoms with Crippen molar-refractivity contribution in [3.8, 4) is 11.3 Å². The molecule has 19 heavy (non-hydrogen) atoms. The van der Waals surface area contributed by atoms with Crippen molar-refractivity contribution in [1.82, 2.24) is 0 Å². The molecule has 0 atom stereocenters. The molecule has 0 nitrogen and oxygen atoms in total. The smallest absolute Gasteiger partial charge is 0.0101 e. The first-order valence-corrected chi connectivity index (χ1v) is 8.53. The summed E-state index contributed by atoms with van der Waals surface area (Å²) in [6.45, 7) is 2.27. The van der Waals surface area contributed by atoms with E-state index in [2.05, 4.69) is 30.4 Å². The van der Waals surface area contributed by atoms with Gasteiger partial charge in [-0.3, -0.25) is 0 Å². The van der Waals surface area contributed by atoms with Crippen molar-refractivity contribution in [3.63, 3.8) is 0 Å². The van der Waals surface area contributed by atoms with E-state index in [0.29, 0.717) is 0 Å². The van der Waals surface area contributed by atoms with Crippen LogP contribution in [0.3, 0.4) is 0 Å². The second-order valence-electron chi connectivity index (χ2n) is 5.25. The van der Waals surface area contributed by atoms with Gasteiger partial charge in [0.05, 0.1) is 0 Å². The van der Waals surface area contributed by atoms with Gasteiger partial charge in [0.25, 0.3) is 0 Å². The van der Waals surface area contributed by atoms with Crippen molar-refractivity contribution >= 4 is 11.6 Å². The van der Waals surface area contributed by atoms with E-state index in [1.54, 1.807) is 0 Å². The molecule has 0 unspecified atom stereocenters. The molecule has 0 saturated carbocycles. The van der Waals surface area contributed by atoms with Crippen LogP contribution in [0.2, 0.25) is 0 Å². The van der Waals surface area contributed by atoms with Crippen molar-refractivity contribution in [2.45, 2.75) is 90.4 Å². The number of allylic oxidation sites excluding steroid dienone is 2. The van der Waals surface area contributed by atoms with Crippen molar-refractivity contribution in [3.05, 3.63) is 12.2 Å². The van der Waals surface area contributed by atoms with Crippen LogP contribution in [-0.2, 0) is 0 Å². The molecule has 0 aliphatic carbocycles. The Kier molecular flexibility index (Phi) is 17.2. The van der Waals surface area contributed by atoms with E-state index in [1.807, 2.05) is 0 Å². The average Bonchev–Trinajstić information content (AvgIpc) is 2.43. The Morgan fingerprint density at radius 3 is 1.84 bits per heavy atom. The largest absolute Gasteiger partial charge is 0.0885 e. The third-order valence-corrected chi connectivity index (χ3v) is 3.51. The standard InChI is InChI=1S/C18H31Cl/c1-2-3-4-5-6-7-8-9-10-11-12-13-14-15-16-17-18-19/h8-9H,2-7,10-16H2,1H3/b9-8-.